The first-order valence-electron chi connectivity index (χ1n) is 5.09. The first kappa shape index (κ1) is 11.7. The van der Waals surface area contributed by atoms with Gasteiger partial charge in [0.25, 0.3) is 0 Å². The van der Waals surface area contributed by atoms with Crippen LogP contribution in [0.15, 0.2) is 11.4 Å². The van der Waals surface area contributed by atoms with E-state index in [9.17, 15) is 0 Å². The van der Waals surface area contributed by atoms with Crippen LogP contribution in [0.1, 0.15) is 24.3 Å². The lowest BCUT2D eigenvalue weighted by Gasteiger charge is -2.12. The smallest absolute Gasteiger partial charge is 0.0671 e. The predicted octanol–water partition coefficient (Wildman–Crippen LogP) is 2.57. The second-order valence-corrected chi connectivity index (χ2v) is 4.42. The molecule has 0 saturated carbocycles. The van der Waals surface area contributed by atoms with E-state index in [1.54, 1.807) is 0 Å². The zero-order valence-corrected chi connectivity index (χ0v) is 9.99. The molecule has 1 unspecified atom stereocenters. The van der Waals surface area contributed by atoms with Crippen LogP contribution in [-0.2, 0) is 11.3 Å². The highest BCUT2D eigenvalue weighted by Gasteiger charge is 2.02. The lowest BCUT2D eigenvalue weighted by molar-refractivity contribution is 0.0760. The first-order valence-corrected chi connectivity index (χ1v) is 5.97. The Morgan fingerprint density at radius 2 is 2.36 bits per heavy atom. The van der Waals surface area contributed by atoms with Crippen LogP contribution in [0.4, 0.5) is 0 Å². The Labute approximate surface area is 90.3 Å². The maximum Gasteiger partial charge on any atom is 0.0671 e. The average Bonchev–Trinajstić information content (AvgIpc) is 2.52. The minimum atomic E-state index is 0.306. The lowest BCUT2D eigenvalue weighted by Crippen LogP contribution is -2.26. The topological polar surface area (TPSA) is 21.3 Å². The van der Waals surface area contributed by atoms with Crippen molar-refractivity contribution < 1.29 is 4.74 Å². The molecule has 1 atom stereocenters. The van der Waals surface area contributed by atoms with Gasteiger partial charge in [0.05, 0.1) is 6.10 Å². The summed E-state index contributed by atoms with van der Waals surface area (Å²) in [5.74, 6) is 0. The van der Waals surface area contributed by atoms with Gasteiger partial charge in [0.1, 0.15) is 0 Å². The zero-order valence-electron chi connectivity index (χ0n) is 9.17. The largest absolute Gasteiger partial charge is 0.377 e. The Bertz CT molecular complexity index is 260. The average molecular weight is 213 g/mol. The van der Waals surface area contributed by atoms with Gasteiger partial charge in [-0.2, -0.15) is 0 Å². The molecule has 3 heteroatoms. The lowest BCUT2D eigenvalue weighted by atomic mass is 10.3. The molecule has 0 fully saturated rings. The SMILES string of the molecule is CCOC(C)CNCc1sccc1C. The quantitative estimate of drug-likeness (QED) is 0.784. The molecule has 1 aromatic rings. The van der Waals surface area contributed by atoms with Gasteiger partial charge in [-0.25, -0.2) is 0 Å². The fraction of sp³-hybridized carbons (Fsp3) is 0.636. The van der Waals surface area contributed by atoms with Crippen LogP contribution in [0.3, 0.4) is 0 Å². The summed E-state index contributed by atoms with van der Waals surface area (Å²) in [6, 6.07) is 2.16. The molecule has 1 rings (SSSR count). The monoisotopic (exact) mass is 213 g/mol. The molecule has 14 heavy (non-hydrogen) atoms. The van der Waals surface area contributed by atoms with Crippen LogP contribution in [0.25, 0.3) is 0 Å². The molecule has 0 aliphatic rings. The first-order chi connectivity index (χ1) is 6.74. The summed E-state index contributed by atoms with van der Waals surface area (Å²) in [5.41, 5.74) is 1.38. The number of thiophene rings is 1. The molecule has 0 bridgehead atoms. The van der Waals surface area contributed by atoms with Crippen molar-refractivity contribution >= 4 is 11.3 Å². The van der Waals surface area contributed by atoms with Gasteiger partial charge < -0.3 is 10.1 Å². The molecule has 1 aromatic heterocycles. The third-order valence-electron chi connectivity index (χ3n) is 2.14. The second-order valence-electron chi connectivity index (χ2n) is 3.42. The molecule has 0 saturated heterocycles. The van der Waals surface area contributed by atoms with E-state index in [-0.39, 0.29) is 0 Å². The van der Waals surface area contributed by atoms with E-state index in [0.29, 0.717) is 6.10 Å². The van der Waals surface area contributed by atoms with Crippen molar-refractivity contribution in [2.24, 2.45) is 0 Å². The minimum Gasteiger partial charge on any atom is -0.377 e. The molecule has 80 valence electrons. The van der Waals surface area contributed by atoms with Gasteiger partial charge >= 0.3 is 0 Å². The van der Waals surface area contributed by atoms with E-state index in [1.165, 1.54) is 10.4 Å². The maximum atomic E-state index is 5.43. The van der Waals surface area contributed by atoms with Crippen LogP contribution in [0.5, 0.6) is 0 Å². The van der Waals surface area contributed by atoms with Crippen LogP contribution >= 0.6 is 11.3 Å². The van der Waals surface area contributed by atoms with Gasteiger partial charge in [-0.05, 0) is 37.8 Å². The molecule has 0 aromatic carbocycles. The Hall–Kier alpha value is -0.380. The van der Waals surface area contributed by atoms with E-state index in [4.69, 9.17) is 4.74 Å². The maximum absolute atomic E-state index is 5.43. The standard InChI is InChI=1S/C11H19NOS/c1-4-13-10(3)7-12-8-11-9(2)5-6-14-11/h5-6,10,12H,4,7-8H2,1-3H3. The highest BCUT2D eigenvalue weighted by molar-refractivity contribution is 7.10. The molecule has 1 N–H and O–H groups in total. The number of aryl methyl sites for hydroxylation is 1. The summed E-state index contributed by atoms with van der Waals surface area (Å²) in [6.45, 7) is 8.95. The highest BCUT2D eigenvalue weighted by atomic mass is 32.1. The van der Waals surface area contributed by atoms with Crippen molar-refractivity contribution in [1.82, 2.24) is 5.32 Å². The summed E-state index contributed by atoms with van der Waals surface area (Å²) >= 11 is 1.81. The molecular formula is C11H19NOS. The Morgan fingerprint density at radius 3 is 2.93 bits per heavy atom. The third kappa shape index (κ3) is 3.78. The fourth-order valence-corrected chi connectivity index (χ4v) is 2.19. The predicted molar refractivity (Wildman–Crippen MR) is 61.9 cm³/mol. The Morgan fingerprint density at radius 1 is 1.57 bits per heavy atom. The molecule has 0 aliphatic carbocycles. The molecule has 0 aliphatic heterocycles. The van der Waals surface area contributed by atoms with Crippen molar-refractivity contribution in [2.45, 2.75) is 33.4 Å². The fourth-order valence-electron chi connectivity index (χ4n) is 1.32. The van der Waals surface area contributed by atoms with Gasteiger partial charge in [-0.1, -0.05) is 0 Å². The summed E-state index contributed by atoms with van der Waals surface area (Å²) in [6.07, 6.45) is 0.306. The van der Waals surface area contributed by atoms with Gasteiger partial charge in [0.2, 0.25) is 0 Å². The summed E-state index contributed by atoms with van der Waals surface area (Å²) in [7, 11) is 0. The molecule has 0 spiro atoms. The highest BCUT2D eigenvalue weighted by Crippen LogP contribution is 2.14. The van der Waals surface area contributed by atoms with Crippen molar-refractivity contribution in [2.75, 3.05) is 13.2 Å². The summed E-state index contributed by atoms with van der Waals surface area (Å²) in [5, 5.41) is 5.54. The molecular weight excluding hydrogens is 194 g/mol. The number of ether oxygens (including phenoxy) is 1. The van der Waals surface area contributed by atoms with Crippen molar-refractivity contribution in [3.8, 4) is 0 Å². The van der Waals surface area contributed by atoms with Gasteiger partial charge in [-0.15, -0.1) is 11.3 Å². The van der Waals surface area contributed by atoms with Crippen LogP contribution in [-0.4, -0.2) is 19.3 Å². The summed E-state index contributed by atoms with van der Waals surface area (Å²) in [4.78, 5) is 1.42. The van der Waals surface area contributed by atoms with Crippen LogP contribution in [0, 0.1) is 6.92 Å². The van der Waals surface area contributed by atoms with Gasteiger partial charge in [0.15, 0.2) is 0 Å². The number of hydrogen-bond donors (Lipinski definition) is 1. The Kier molecular flexibility index (Phi) is 5.15. The van der Waals surface area contributed by atoms with E-state index < -0.39 is 0 Å². The Balaban J connectivity index is 2.19. The molecule has 1 heterocycles. The van der Waals surface area contributed by atoms with Crippen LogP contribution in [0.2, 0.25) is 0 Å². The molecule has 0 amide bonds. The second kappa shape index (κ2) is 6.17. The number of nitrogens with one attached hydrogen (secondary N) is 1. The summed E-state index contributed by atoms with van der Waals surface area (Å²) < 4.78 is 5.43. The van der Waals surface area contributed by atoms with E-state index in [0.717, 1.165) is 19.7 Å². The number of rotatable bonds is 6. The van der Waals surface area contributed by atoms with Gasteiger partial charge in [0, 0.05) is 24.6 Å². The van der Waals surface area contributed by atoms with Crippen molar-refractivity contribution in [3.63, 3.8) is 0 Å². The van der Waals surface area contributed by atoms with Crippen LogP contribution < -0.4 is 5.32 Å². The molecule has 2 nitrogen and oxygen atoms in total. The zero-order chi connectivity index (χ0) is 10.4. The number of hydrogen-bond acceptors (Lipinski definition) is 3. The van der Waals surface area contributed by atoms with Crippen molar-refractivity contribution in [3.05, 3.63) is 21.9 Å². The van der Waals surface area contributed by atoms with E-state index >= 15 is 0 Å². The van der Waals surface area contributed by atoms with E-state index in [2.05, 4.69) is 30.6 Å². The van der Waals surface area contributed by atoms with Gasteiger partial charge in [-0.3, -0.25) is 0 Å². The normalized spacial score (nSPS) is 13.1. The molecule has 0 radical (unpaired) electrons. The van der Waals surface area contributed by atoms with Crippen molar-refractivity contribution in [1.29, 1.82) is 0 Å². The third-order valence-corrected chi connectivity index (χ3v) is 3.16. The minimum absolute atomic E-state index is 0.306. The van der Waals surface area contributed by atoms with E-state index in [1.807, 2.05) is 18.3 Å².